The first-order valence-electron chi connectivity index (χ1n) is 27.1. The summed E-state index contributed by atoms with van der Waals surface area (Å²) >= 11 is 0. The Morgan fingerprint density at radius 2 is 0.694 bits per heavy atom. The van der Waals surface area contributed by atoms with Crippen molar-refractivity contribution in [2.24, 2.45) is 35.5 Å². The summed E-state index contributed by atoms with van der Waals surface area (Å²) in [5.74, 6) is 7.61. The predicted octanol–water partition coefficient (Wildman–Crippen LogP) is 15.9. The topological polar surface area (TPSA) is 62.7 Å². The molecule has 8 fully saturated rings. The number of hydrogen-bond acceptors (Lipinski definition) is 4. The molecule has 0 N–H and O–H groups in total. The molecule has 0 amide bonds. The Kier molecular flexibility index (Phi) is 8.23. The van der Waals surface area contributed by atoms with E-state index in [1.165, 1.54) is 131 Å². The highest BCUT2D eigenvalue weighted by Crippen LogP contribution is 2.63. The van der Waals surface area contributed by atoms with Gasteiger partial charge in [-0.3, -0.25) is 0 Å². The number of nitrogens with zero attached hydrogens (tertiary/aromatic N) is 6. The van der Waals surface area contributed by atoms with Crippen LogP contribution in [0.3, 0.4) is 0 Å². The SMILES string of the molecule is c1ccc(-n2c3ccc(-n4c5ccccc5c5ccccc54)cc3c3cc(-n4c5ccccc5c5ccccc54)ccc32)c(Oc2nc(C34CC5CC(CC(C5)C3)C4)nc(C34CC5CC(CC(C5)C3)C4)n2)c1. The normalized spacial score (nSPS) is 27.2. The van der Waals surface area contributed by atoms with Gasteiger partial charge in [0.05, 0.1) is 38.8 Å². The van der Waals surface area contributed by atoms with Gasteiger partial charge in [-0.2, -0.15) is 9.97 Å². The van der Waals surface area contributed by atoms with Crippen molar-refractivity contribution in [3.63, 3.8) is 0 Å². The number of ether oxygens (including phenoxy) is 1. The quantitative estimate of drug-likeness (QED) is 0.160. The number of hydrogen-bond donors (Lipinski definition) is 0. The first-order valence-corrected chi connectivity index (χ1v) is 27.1. The second kappa shape index (κ2) is 14.7. The van der Waals surface area contributed by atoms with Crippen molar-refractivity contribution in [3.05, 3.63) is 169 Å². The monoisotopic (exact) mass is 936 g/mol. The van der Waals surface area contributed by atoms with Crippen LogP contribution in [-0.4, -0.2) is 28.7 Å². The summed E-state index contributed by atoms with van der Waals surface area (Å²) in [6, 6.07) is 58.4. The van der Waals surface area contributed by atoms with E-state index >= 15 is 0 Å². The lowest BCUT2D eigenvalue weighted by Gasteiger charge is -2.57. The molecular formula is C65H56N6O. The maximum atomic E-state index is 7.31. The molecule has 8 bridgehead atoms. The van der Waals surface area contributed by atoms with Crippen LogP contribution in [0.25, 0.3) is 82.5 Å². The highest BCUT2D eigenvalue weighted by atomic mass is 16.5. The summed E-state index contributed by atoms with van der Waals surface area (Å²) in [4.78, 5) is 16.8. The van der Waals surface area contributed by atoms with Gasteiger partial charge in [0.2, 0.25) is 0 Å². The molecule has 4 aromatic heterocycles. The maximum Gasteiger partial charge on any atom is 0.325 e. The van der Waals surface area contributed by atoms with Crippen molar-refractivity contribution >= 4 is 65.4 Å². The molecule has 19 rings (SSSR count). The van der Waals surface area contributed by atoms with Gasteiger partial charge in [-0.25, -0.2) is 4.98 Å². The van der Waals surface area contributed by atoms with E-state index in [2.05, 4.69) is 171 Å². The minimum Gasteiger partial charge on any atom is -0.422 e. The molecule has 8 saturated carbocycles. The number of benzene rings is 7. The molecule has 11 aromatic rings. The molecule has 352 valence electrons. The molecule has 72 heavy (non-hydrogen) atoms. The van der Waals surface area contributed by atoms with Crippen molar-refractivity contribution in [1.29, 1.82) is 0 Å². The van der Waals surface area contributed by atoms with Crippen LogP contribution in [0.15, 0.2) is 158 Å². The van der Waals surface area contributed by atoms with Crippen LogP contribution in [0.1, 0.15) is 88.7 Å². The summed E-state index contributed by atoms with van der Waals surface area (Å²) in [5, 5.41) is 7.38. The van der Waals surface area contributed by atoms with Gasteiger partial charge >= 0.3 is 6.01 Å². The van der Waals surface area contributed by atoms with Crippen molar-refractivity contribution in [1.82, 2.24) is 28.7 Å². The Hall–Kier alpha value is -7.25. The summed E-state index contributed by atoms with van der Waals surface area (Å²) < 4.78 is 14.6. The third-order valence-corrected chi connectivity index (χ3v) is 19.4. The van der Waals surface area contributed by atoms with Crippen molar-refractivity contribution in [2.45, 2.75) is 87.9 Å². The highest BCUT2D eigenvalue weighted by Gasteiger charge is 2.56. The number of fused-ring (bicyclic) bond motifs is 9. The van der Waals surface area contributed by atoms with Gasteiger partial charge in [0.25, 0.3) is 0 Å². The van der Waals surface area contributed by atoms with Gasteiger partial charge in [0, 0.05) is 54.5 Å². The molecule has 7 heteroatoms. The average molecular weight is 937 g/mol. The van der Waals surface area contributed by atoms with E-state index in [4.69, 9.17) is 19.7 Å². The lowest BCUT2D eigenvalue weighted by atomic mass is 9.49. The summed E-state index contributed by atoms with van der Waals surface area (Å²) in [5.41, 5.74) is 10.3. The van der Waals surface area contributed by atoms with E-state index in [1.54, 1.807) is 0 Å². The highest BCUT2D eigenvalue weighted by molar-refractivity contribution is 6.14. The first-order chi connectivity index (χ1) is 35.5. The van der Waals surface area contributed by atoms with Gasteiger partial charge in [-0.1, -0.05) is 84.9 Å². The van der Waals surface area contributed by atoms with Gasteiger partial charge in [-0.15, -0.1) is 0 Å². The van der Waals surface area contributed by atoms with E-state index in [0.29, 0.717) is 6.01 Å². The van der Waals surface area contributed by atoms with E-state index in [1.807, 2.05) is 0 Å². The molecule has 0 unspecified atom stereocenters. The Morgan fingerprint density at radius 3 is 1.10 bits per heavy atom. The fraction of sp³-hybridized carbons (Fsp3) is 0.308. The van der Waals surface area contributed by atoms with Gasteiger partial charge in [-0.05, 0) is 185 Å². The number of aromatic nitrogens is 6. The summed E-state index contributed by atoms with van der Waals surface area (Å²) in [6.45, 7) is 0. The molecule has 0 radical (unpaired) electrons. The predicted molar refractivity (Wildman–Crippen MR) is 289 cm³/mol. The van der Waals surface area contributed by atoms with Crippen LogP contribution in [0, 0.1) is 35.5 Å². The third kappa shape index (κ3) is 5.76. The van der Waals surface area contributed by atoms with Crippen LogP contribution in [-0.2, 0) is 10.8 Å². The fourth-order valence-corrected chi connectivity index (χ4v) is 17.4. The van der Waals surface area contributed by atoms with Crippen LogP contribution in [0.5, 0.6) is 11.8 Å². The molecule has 7 aromatic carbocycles. The van der Waals surface area contributed by atoms with Crippen molar-refractivity contribution < 1.29 is 4.74 Å². The minimum atomic E-state index is 0.0291. The zero-order valence-electron chi connectivity index (χ0n) is 40.6. The van der Waals surface area contributed by atoms with Crippen LogP contribution in [0.4, 0.5) is 0 Å². The molecule has 0 atom stereocenters. The second-order valence-corrected chi connectivity index (χ2v) is 23.7. The van der Waals surface area contributed by atoms with E-state index < -0.39 is 0 Å². The van der Waals surface area contributed by atoms with Crippen LogP contribution in [0.2, 0.25) is 0 Å². The van der Waals surface area contributed by atoms with Crippen molar-refractivity contribution in [3.8, 4) is 28.8 Å². The van der Waals surface area contributed by atoms with E-state index in [9.17, 15) is 0 Å². The zero-order chi connectivity index (χ0) is 46.9. The number of para-hydroxylation sites is 6. The standard InChI is InChI=1S/C65H56N6O/c1-5-15-53-47(11-1)48-12-2-6-16-54(48)69(53)45-21-23-57-51(31-45)52-32-46(70-55-17-7-3-13-49(55)50-14-4-8-18-56(50)70)22-24-58(52)71(57)59-19-9-10-20-60(59)72-63-67-61(64-33-39-25-40(34-64)27-41(26-39)35-64)66-62(68-63)65-36-42-28-43(37-65)30-44(29-42)38-65/h1-24,31-32,39-44H,25-30,33-38H2. The Bertz CT molecular complexity index is 3670. The molecule has 4 heterocycles. The first kappa shape index (κ1) is 40.4. The Balaban J connectivity index is 0.867. The van der Waals surface area contributed by atoms with Crippen LogP contribution < -0.4 is 4.74 Å². The van der Waals surface area contributed by atoms with Gasteiger partial charge < -0.3 is 18.4 Å². The van der Waals surface area contributed by atoms with Crippen LogP contribution >= 0.6 is 0 Å². The average Bonchev–Trinajstić information content (AvgIpc) is 4.03. The molecule has 0 spiro atoms. The van der Waals surface area contributed by atoms with Gasteiger partial charge in [0.1, 0.15) is 11.6 Å². The molecule has 0 saturated heterocycles. The minimum absolute atomic E-state index is 0.0291. The smallest absolute Gasteiger partial charge is 0.325 e. The molecule has 0 aliphatic heterocycles. The Morgan fingerprint density at radius 1 is 0.347 bits per heavy atom. The van der Waals surface area contributed by atoms with E-state index in [-0.39, 0.29) is 10.8 Å². The van der Waals surface area contributed by atoms with Gasteiger partial charge in [0.15, 0.2) is 5.75 Å². The molecule has 8 aliphatic rings. The second-order valence-electron chi connectivity index (χ2n) is 23.7. The fourth-order valence-electron chi connectivity index (χ4n) is 17.4. The van der Waals surface area contributed by atoms with E-state index in [0.717, 1.165) is 81.0 Å². The zero-order valence-corrected chi connectivity index (χ0v) is 40.6. The molecule has 7 nitrogen and oxygen atoms in total. The maximum absolute atomic E-state index is 7.31. The largest absolute Gasteiger partial charge is 0.422 e. The lowest BCUT2D eigenvalue weighted by molar-refractivity contribution is -0.0161. The third-order valence-electron chi connectivity index (χ3n) is 19.4. The Labute approximate surface area is 418 Å². The molecular weight excluding hydrogens is 881 g/mol. The lowest BCUT2D eigenvalue weighted by Crippen LogP contribution is -2.51. The van der Waals surface area contributed by atoms with Crippen molar-refractivity contribution in [2.75, 3.05) is 0 Å². The summed E-state index contributed by atoms with van der Waals surface area (Å²) in [7, 11) is 0. The molecule has 8 aliphatic carbocycles. The summed E-state index contributed by atoms with van der Waals surface area (Å²) in [6.07, 6.45) is 15.6. The number of rotatable bonds is 7.